The average Bonchev–Trinajstić information content (AvgIpc) is 2.54. The van der Waals surface area contributed by atoms with Gasteiger partial charge < -0.3 is 19.9 Å². The van der Waals surface area contributed by atoms with Gasteiger partial charge in [0.1, 0.15) is 30.4 Å². The minimum Gasteiger partial charge on any atom is -0.486 e. The summed E-state index contributed by atoms with van der Waals surface area (Å²) in [5.41, 5.74) is -0.445. The molecule has 128 valence electrons. The molecule has 0 saturated heterocycles. The highest BCUT2D eigenvalue weighted by Gasteiger charge is 2.26. The van der Waals surface area contributed by atoms with Crippen molar-refractivity contribution < 1.29 is 23.4 Å². The zero-order chi connectivity index (χ0) is 17.2. The van der Waals surface area contributed by atoms with Crippen molar-refractivity contribution in [2.45, 2.75) is 19.1 Å². The lowest BCUT2D eigenvalue weighted by Gasteiger charge is -2.25. The van der Waals surface area contributed by atoms with Crippen LogP contribution in [0.25, 0.3) is 0 Å². The highest BCUT2D eigenvalue weighted by molar-refractivity contribution is 5.43. The first-order chi connectivity index (χ1) is 11.5. The molecular weight excluding hydrogens is 316 g/mol. The third-order valence-electron chi connectivity index (χ3n) is 3.92. The van der Waals surface area contributed by atoms with Crippen LogP contribution in [0, 0.1) is 11.6 Å². The van der Waals surface area contributed by atoms with Crippen LogP contribution in [-0.2, 0) is 12.1 Å². The highest BCUT2D eigenvalue weighted by atomic mass is 19.1. The predicted octanol–water partition coefficient (Wildman–Crippen LogP) is 2.73. The number of halogens is 2. The van der Waals surface area contributed by atoms with Crippen molar-refractivity contribution in [3.05, 3.63) is 59.2 Å². The Kier molecular flexibility index (Phi) is 4.69. The van der Waals surface area contributed by atoms with Crippen LogP contribution < -0.4 is 14.8 Å². The maximum absolute atomic E-state index is 13.8. The highest BCUT2D eigenvalue weighted by Crippen LogP contribution is 2.30. The molecule has 0 bridgehead atoms. The van der Waals surface area contributed by atoms with Crippen molar-refractivity contribution >= 4 is 0 Å². The molecule has 0 aromatic heterocycles. The average molecular weight is 335 g/mol. The van der Waals surface area contributed by atoms with Gasteiger partial charge in [0.05, 0.1) is 0 Å². The second-order valence-electron chi connectivity index (χ2n) is 5.98. The fraction of sp³-hybridized carbons (Fsp3) is 0.333. The molecule has 0 aliphatic carbocycles. The van der Waals surface area contributed by atoms with Gasteiger partial charge in [-0.3, -0.25) is 0 Å². The zero-order valence-electron chi connectivity index (χ0n) is 13.3. The van der Waals surface area contributed by atoms with E-state index in [4.69, 9.17) is 9.47 Å². The molecule has 1 heterocycles. The van der Waals surface area contributed by atoms with Gasteiger partial charge in [-0.15, -0.1) is 0 Å². The monoisotopic (exact) mass is 335 g/mol. The van der Waals surface area contributed by atoms with Crippen LogP contribution in [0.5, 0.6) is 11.5 Å². The zero-order valence-corrected chi connectivity index (χ0v) is 13.3. The molecule has 2 aromatic carbocycles. The maximum atomic E-state index is 13.8. The first-order valence-corrected chi connectivity index (χ1v) is 7.73. The van der Waals surface area contributed by atoms with Crippen LogP contribution in [0.1, 0.15) is 18.1 Å². The van der Waals surface area contributed by atoms with Crippen LogP contribution in [0.15, 0.2) is 36.4 Å². The van der Waals surface area contributed by atoms with Crippen LogP contribution in [0.2, 0.25) is 0 Å². The third-order valence-corrected chi connectivity index (χ3v) is 3.92. The third kappa shape index (κ3) is 3.66. The normalized spacial score (nSPS) is 15.8. The lowest BCUT2D eigenvalue weighted by Crippen LogP contribution is -2.36. The molecule has 1 atom stereocenters. The molecule has 3 rings (SSSR count). The lowest BCUT2D eigenvalue weighted by atomic mass is 9.95. The smallest absolute Gasteiger partial charge is 0.161 e. The van der Waals surface area contributed by atoms with Crippen molar-refractivity contribution in [1.82, 2.24) is 5.32 Å². The molecule has 0 spiro atoms. The molecule has 6 heteroatoms. The Hall–Kier alpha value is -2.18. The SMILES string of the molecule is CC(O)(CNCc1ccc2c(c1)OCCO2)c1ccc(F)cc1F. The van der Waals surface area contributed by atoms with E-state index in [1.807, 2.05) is 18.2 Å². The Labute approximate surface area is 139 Å². The number of nitrogens with one attached hydrogen (secondary N) is 1. The summed E-state index contributed by atoms with van der Waals surface area (Å²) in [6.45, 7) is 3.12. The molecule has 0 radical (unpaired) electrons. The summed E-state index contributed by atoms with van der Waals surface area (Å²) in [6.07, 6.45) is 0. The largest absolute Gasteiger partial charge is 0.486 e. The molecule has 1 aliphatic heterocycles. The van der Waals surface area contributed by atoms with Crippen LogP contribution in [-0.4, -0.2) is 24.9 Å². The van der Waals surface area contributed by atoms with Crippen molar-refractivity contribution in [3.63, 3.8) is 0 Å². The topological polar surface area (TPSA) is 50.7 Å². The van der Waals surface area contributed by atoms with E-state index in [0.717, 1.165) is 17.7 Å². The minimum absolute atomic E-state index is 0.0542. The molecule has 0 saturated carbocycles. The van der Waals surface area contributed by atoms with E-state index in [9.17, 15) is 13.9 Å². The molecule has 0 amide bonds. The minimum atomic E-state index is -1.45. The lowest BCUT2D eigenvalue weighted by molar-refractivity contribution is 0.0528. The first-order valence-electron chi connectivity index (χ1n) is 7.73. The van der Waals surface area contributed by atoms with Gasteiger partial charge in [-0.1, -0.05) is 12.1 Å². The van der Waals surface area contributed by atoms with Crippen molar-refractivity contribution in [3.8, 4) is 11.5 Å². The summed E-state index contributed by atoms with van der Waals surface area (Å²) < 4.78 is 37.8. The van der Waals surface area contributed by atoms with Crippen molar-refractivity contribution in [1.29, 1.82) is 0 Å². The molecule has 4 nitrogen and oxygen atoms in total. The molecule has 24 heavy (non-hydrogen) atoms. The van der Waals surface area contributed by atoms with Gasteiger partial charge in [0, 0.05) is 24.7 Å². The van der Waals surface area contributed by atoms with E-state index in [-0.39, 0.29) is 12.1 Å². The Morgan fingerprint density at radius 3 is 2.58 bits per heavy atom. The van der Waals surface area contributed by atoms with E-state index in [1.54, 1.807) is 0 Å². The Balaban J connectivity index is 1.63. The molecule has 0 fully saturated rings. The first kappa shape index (κ1) is 16.7. The van der Waals surface area contributed by atoms with Gasteiger partial charge in [0.15, 0.2) is 11.5 Å². The second kappa shape index (κ2) is 6.75. The standard InChI is InChI=1S/C18H19F2NO3/c1-18(22,14-4-3-13(19)9-15(14)20)11-21-10-12-2-5-16-17(8-12)24-7-6-23-16/h2-5,8-9,21-22H,6-7,10-11H2,1H3. The van der Waals surface area contributed by atoms with Gasteiger partial charge in [-0.2, -0.15) is 0 Å². The van der Waals surface area contributed by atoms with E-state index >= 15 is 0 Å². The number of hydrogen-bond donors (Lipinski definition) is 2. The number of rotatable bonds is 5. The Morgan fingerprint density at radius 1 is 1.08 bits per heavy atom. The summed E-state index contributed by atoms with van der Waals surface area (Å²) in [7, 11) is 0. The molecule has 1 aliphatic rings. The van der Waals surface area contributed by atoms with Gasteiger partial charge in [-0.25, -0.2) is 8.78 Å². The van der Waals surface area contributed by atoms with Crippen LogP contribution in [0.3, 0.4) is 0 Å². The van der Waals surface area contributed by atoms with E-state index in [2.05, 4.69) is 5.32 Å². The van der Waals surface area contributed by atoms with Crippen LogP contribution >= 0.6 is 0 Å². The van der Waals surface area contributed by atoms with Crippen LogP contribution in [0.4, 0.5) is 8.78 Å². The number of hydrogen-bond acceptors (Lipinski definition) is 4. The molecule has 2 aromatic rings. The van der Waals surface area contributed by atoms with Crippen molar-refractivity contribution in [2.75, 3.05) is 19.8 Å². The van der Waals surface area contributed by atoms with E-state index in [1.165, 1.54) is 13.0 Å². The molecule has 2 N–H and O–H groups in total. The fourth-order valence-corrected chi connectivity index (χ4v) is 2.67. The Bertz CT molecular complexity index is 734. The Morgan fingerprint density at radius 2 is 1.83 bits per heavy atom. The quantitative estimate of drug-likeness (QED) is 0.882. The summed E-state index contributed by atoms with van der Waals surface area (Å²) in [5, 5.41) is 13.5. The van der Waals surface area contributed by atoms with E-state index < -0.39 is 17.2 Å². The fourth-order valence-electron chi connectivity index (χ4n) is 2.67. The number of ether oxygens (including phenoxy) is 2. The number of aliphatic hydroxyl groups is 1. The van der Waals surface area contributed by atoms with Gasteiger partial charge in [0.25, 0.3) is 0 Å². The second-order valence-corrected chi connectivity index (χ2v) is 5.98. The summed E-state index contributed by atoms with van der Waals surface area (Å²) in [5.74, 6) is -0.0281. The maximum Gasteiger partial charge on any atom is 0.161 e. The molecular formula is C18H19F2NO3. The summed E-state index contributed by atoms with van der Waals surface area (Å²) >= 11 is 0. The summed E-state index contributed by atoms with van der Waals surface area (Å²) in [6, 6.07) is 8.76. The summed E-state index contributed by atoms with van der Waals surface area (Å²) in [4.78, 5) is 0. The van der Waals surface area contributed by atoms with Crippen molar-refractivity contribution in [2.24, 2.45) is 0 Å². The van der Waals surface area contributed by atoms with Gasteiger partial charge in [-0.05, 0) is 30.7 Å². The number of fused-ring (bicyclic) bond motifs is 1. The molecule has 1 unspecified atom stereocenters. The number of benzene rings is 2. The predicted molar refractivity (Wildman–Crippen MR) is 85.1 cm³/mol. The van der Waals surface area contributed by atoms with Gasteiger partial charge >= 0.3 is 0 Å². The van der Waals surface area contributed by atoms with E-state index in [0.29, 0.717) is 31.3 Å². The van der Waals surface area contributed by atoms with Gasteiger partial charge in [0.2, 0.25) is 0 Å².